The molecular formula is C44H29N3S. The molecule has 226 valence electrons. The van der Waals surface area contributed by atoms with Crippen LogP contribution in [0, 0.1) is 0 Å². The van der Waals surface area contributed by atoms with E-state index in [4.69, 9.17) is 5.10 Å². The average Bonchev–Trinajstić information content (AvgIpc) is 3.82. The van der Waals surface area contributed by atoms with E-state index in [0.29, 0.717) is 6.54 Å². The fourth-order valence-electron chi connectivity index (χ4n) is 7.34. The molecule has 3 nitrogen and oxygen atoms in total. The van der Waals surface area contributed by atoms with Crippen molar-refractivity contribution in [1.29, 1.82) is 0 Å². The Morgan fingerprint density at radius 1 is 0.479 bits per heavy atom. The largest absolute Gasteiger partial charge is 0.308 e. The molecule has 0 saturated heterocycles. The van der Waals surface area contributed by atoms with E-state index in [1.54, 1.807) is 0 Å². The molecule has 0 unspecified atom stereocenters. The SMILES string of the molecule is c1ccc(-c2ccc3c(c2)c2ccc4c5ccccc5sc4c2n3-c2ccc(Cn3nc(-c4ccccc4)c4ccccc43)cc2)cc1. The molecule has 0 spiro atoms. The number of aromatic nitrogens is 3. The summed E-state index contributed by atoms with van der Waals surface area (Å²) in [4.78, 5) is 0. The van der Waals surface area contributed by atoms with Crippen molar-refractivity contribution in [3.8, 4) is 28.1 Å². The monoisotopic (exact) mass is 631 g/mol. The molecule has 7 aromatic carbocycles. The summed E-state index contributed by atoms with van der Waals surface area (Å²) in [5, 5.41) is 11.5. The van der Waals surface area contributed by atoms with Crippen molar-refractivity contribution in [3.63, 3.8) is 0 Å². The van der Waals surface area contributed by atoms with Crippen LogP contribution in [0.15, 0.2) is 164 Å². The van der Waals surface area contributed by atoms with E-state index in [-0.39, 0.29) is 0 Å². The predicted molar refractivity (Wildman–Crippen MR) is 203 cm³/mol. The van der Waals surface area contributed by atoms with E-state index in [2.05, 4.69) is 173 Å². The summed E-state index contributed by atoms with van der Waals surface area (Å²) < 4.78 is 7.25. The summed E-state index contributed by atoms with van der Waals surface area (Å²) in [6.45, 7) is 0.696. The van der Waals surface area contributed by atoms with Crippen LogP contribution < -0.4 is 0 Å². The maximum Gasteiger partial charge on any atom is 0.100 e. The number of rotatable bonds is 5. The van der Waals surface area contributed by atoms with Gasteiger partial charge in [0, 0.05) is 42.9 Å². The van der Waals surface area contributed by atoms with Gasteiger partial charge in [-0.1, -0.05) is 127 Å². The third-order valence-electron chi connectivity index (χ3n) is 9.61. The molecule has 3 aromatic heterocycles. The molecule has 10 rings (SSSR count). The molecule has 0 atom stereocenters. The van der Waals surface area contributed by atoms with Crippen LogP contribution in [-0.4, -0.2) is 14.3 Å². The van der Waals surface area contributed by atoms with E-state index in [1.807, 2.05) is 11.3 Å². The predicted octanol–water partition coefficient (Wildman–Crippen LogP) is 11.9. The summed E-state index contributed by atoms with van der Waals surface area (Å²) in [6, 6.07) is 59.1. The molecule has 10 aromatic rings. The number of hydrogen-bond donors (Lipinski definition) is 0. The lowest BCUT2D eigenvalue weighted by atomic mass is 10.0. The molecule has 0 N–H and O–H groups in total. The summed E-state index contributed by atoms with van der Waals surface area (Å²) in [5.41, 5.74) is 10.6. The zero-order valence-electron chi connectivity index (χ0n) is 26.0. The first-order chi connectivity index (χ1) is 23.8. The van der Waals surface area contributed by atoms with Crippen LogP contribution in [0.4, 0.5) is 0 Å². The molecule has 0 amide bonds. The Kier molecular flexibility index (Phi) is 6.11. The lowest BCUT2D eigenvalue weighted by Crippen LogP contribution is -2.02. The van der Waals surface area contributed by atoms with Gasteiger partial charge in [0.25, 0.3) is 0 Å². The quantitative estimate of drug-likeness (QED) is 0.185. The molecule has 48 heavy (non-hydrogen) atoms. The molecular weight excluding hydrogens is 603 g/mol. The van der Waals surface area contributed by atoms with Gasteiger partial charge >= 0.3 is 0 Å². The Morgan fingerprint density at radius 2 is 1.17 bits per heavy atom. The summed E-state index contributed by atoms with van der Waals surface area (Å²) in [6.07, 6.45) is 0. The van der Waals surface area contributed by atoms with Crippen LogP contribution in [0.5, 0.6) is 0 Å². The number of thiophene rings is 1. The number of benzene rings is 7. The highest BCUT2D eigenvalue weighted by Crippen LogP contribution is 2.43. The zero-order chi connectivity index (χ0) is 31.6. The van der Waals surface area contributed by atoms with Crippen LogP contribution in [0.25, 0.3) is 81.0 Å². The summed E-state index contributed by atoms with van der Waals surface area (Å²) in [5.74, 6) is 0. The highest BCUT2D eigenvalue weighted by molar-refractivity contribution is 7.26. The molecule has 0 radical (unpaired) electrons. The molecule has 3 heterocycles. The van der Waals surface area contributed by atoms with E-state index in [9.17, 15) is 0 Å². The highest BCUT2D eigenvalue weighted by Gasteiger charge is 2.19. The minimum absolute atomic E-state index is 0.696. The topological polar surface area (TPSA) is 22.8 Å². The van der Waals surface area contributed by atoms with Gasteiger partial charge in [-0.25, -0.2) is 0 Å². The maximum atomic E-state index is 5.11. The number of fused-ring (bicyclic) bond motifs is 8. The molecule has 0 bridgehead atoms. The lowest BCUT2D eigenvalue weighted by molar-refractivity contribution is 0.715. The molecule has 0 saturated carbocycles. The van der Waals surface area contributed by atoms with Crippen molar-refractivity contribution in [2.45, 2.75) is 6.54 Å². The second-order valence-electron chi connectivity index (χ2n) is 12.4. The van der Waals surface area contributed by atoms with Crippen molar-refractivity contribution in [2.24, 2.45) is 0 Å². The Hall–Kier alpha value is -5.97. The van der Waals surface area contributed by atoms with Crippen molar-refractivity contribution >= 4 is 64.2 Å². The number of para-hydroxylation sites is 1. The molecule has 0 aliphatic carbocycles. The Labute approximate surface area is 281 Å². The van der Waals surface area contributed by atoms with Crippen LogP contribution >= 0.6 is 11.3 Å². The van der Waals surface area contributed by atoms with Crippen molar-refractivity contribution in [2.75, 3.05) is 0 Å². The van der Waals surface area contributed by atoms with E-state index < -0.39 is 0 Å². The fourth-order valence-corrected chi connectivity index (χ4v) is 8.58. The van der Waals surface area contributed by atoms with Crippen LogP contribution in [0.3, 0.4) is 0 Å². The third kappa shape index (κ3) is 4.23. The van der Waals surface area contributed by atoms with Crippen molar-refractivity contribution in [3.05, 3.63) is 169 Å². The Balaban J connectivity index is 1.13. The second kappa shape index (κ2) is 10.8. The van der Waals surface area contributed by atoms with Gasteiger partial charge in [-0.15, -0.1) is 11.3 Å². The highest BCUT2D eigenvalue weighted by atomic mass is 32.1. The normalized spacial score (nSPS) is 11.8. The van der Waals surface area contributed by atoms with Crippen molar-refractivity contribution in [1.82, 2.24) is 14.3 Å². The van der Waals surface area contributed by atoms with Crippen LogP contribution in [-0.2, 0) is 6.54 Å². The standard InChI is InChI=1S/C44H29N3S/c1-3-11-30(12-4-1)32-21-26-40-38(27-32)35-24-25-36-34-15-8-10-18-41(34)48-44(36)43(35)47(40)33-22-19-29(20-23-33)28-46-39-17-9-7-16-37(39)42(45-46)31-13-5-2-6-14-31/h1-27H,28H2. The number of nitrogens with zero attached hydrogens (tertiary/aromatic N) is 3. The smallest absolute Gasteiger partial charge is 0.100 e. The fraction of sp³-hybridized carbons (Fsp3) is 0.0227. The lowest BCUT2D eigenvalue weighted by Gasteiger charge is -2.11. The van der Waals surface area contributed by atoms with Gasteiger partial charge in [0.1, 0.15) is 5.69 Å². The van der Waals surface area contributed by atoms with Gasteiger partial charge in [-0.2, -0.15) is 5.10 Å². The van der Waals surface area contributed by atoms with Gasteiger partial charge in [-0.3, -0.25) is 4.68 Å². The maximum absolute atomic E-state index is 5.11. The third-order valence-corrected chi connectivity index (χ3v) is 10.8. The van der Waals surface area contributed by atoms with Crippen molar-refractivity contribution < 1.29 is 0 Å². The molecule has 4 heteroatoms. The first-order valence-electron chi connectivity index (χ1n) is 16.3. The van der Waals surface area contributed by atoms with Crippen LogP contribution in [0.2, 0.25) is 0 Å². The minimum atomic E-state index is 0.696. The Morgan fingerprint density at radius 3 is 1.98 bits per heavy atom. The second-order valence-corrected chi connectivity index (χ2v) is 13.5. The van der Waals surface area contributed by atoms with Gasteiger partial charge < -0.3 is 4.57 Å². The average molecular weight is 632 g/mol. The zero-order valence-corrected chi connectivity index (χ0v) is 26.9. The van der Waals surface area contributed by atoms with E-state index >= 15 is 0 Å². The first kappa shape index (κ1) is 27.2. The van der Waals surface area contributed by atoms with Gasteiger partial charge in [0.15, 0.2) is 0 Å². The van der Waals surface area contributed by atoms with Gasteiger partial charge in [0.05, 0.1) is 27.8 Å². The van der Waals surface area contributed by atoms with Gasteiger partial charge in [0.2, 0.25) is 0 Å². The first-order valence-corrected chi connectivity index (χ1v) is 17.2. The molecule has 0 aliphatic heterocycles. The van der Waals surface area contributed by atoms with E-state index in [1.165, 1.54) is 64.1 Å². The van der Waals surface area contributed by atoms with Gasteiger partial charge in [-0.05, 0) is 53.1 Å². The summed E-state index contributed by atoms with van der Waals surface area (Å²) in [7, 11) is 0. The number of hydrogen-bond acceptors (Lipinski definition) is 2. The van der Waals surface area contributed by atoms with E-state index in [0.717, 1.165) is 22.5 Å². The minimum Gasteiger partial charge on any atom is -0.308 e. The summed E-state index contributed by atoms with van der Waals surface area (Å²) >= 11 is 1.89. The Bertz CT molecular complexity index is 2790. The molecule has 0 fully saturated rings. The van der Waals surface area contributed by atoms with Crippen LogP contribution in [0.1, 0.15) is 5.56 Å². The molecule has 0 aliphatic rings.